The number of hydrogen-bond acceptors (Lipinski definition) is 1. The van der Waals surface area contributed by atoms with Gasteiger partial charge in [0.15, 0.2) is 0 Å². The maximum Gasteiger partial charge on any atom is 0.251 e. The van der Waals surface area contributed by atoms with Crippen LogP contribution in [0, 0.1) is 5.92 Å². The van der Waals surface area contributed by atoms with E-state index >= 15 is 0 Å². The standard InChI is InChI=1S/C17H24FNO/c1-17(2)8-7-12-10-13(16(20)19-15(12)17)9-11-3-5-14(18)6-4-11/h10-11,14H,3-9H2,1-2H3,(H,19,20). The molecule has 0 unspecified atom stereocenters. The summed E-state index contributed by atoms with van der Waals surface area (Å²) in [5, 5.41) is 0. The van der Waals surface area contributed by atoms with E-state index in [2.05, 4.69) is 24.9 Å². The fraction of sp³-hybridized carbons (Fsp3) is 0.706. The molecule has 0 spiro atoms. The summed E-state index contributed by atoms with van der Waals surface area (Å²) in [6.07, 6.45) is 5.53. The second-order valence-corrected chi connectivity index (χ2v) is 7.23. The van der Waals surface area contributed by atoms with Crippen molar-refractivity contribution in [3.63, 3.8) is 0 Å². The van der Waals surface area contributed by atoms with Crippen molar-refractivity contribution < 1.29 is 4.39 Å². The normalized spacial score (nSPS) is 28.4. The first-order valence-electron chi connectivity index (χ1n) is 7.85. The van der Waals surface area contributed by atoms with Gasteiger partial charge in [-0.25, -0.2) is 4.39 Å². The number of fused-ring (bicyclic) bond motifs is 1. The molecule has 20 heavy (non-hydrogen) atoms. The Morgan fingerprint density at radius 1 is 1.30 bits per heavy atom. The van der Waals surface area contributed by atoms with Crippen molar-refractivity contribution >= 4 is 0 Å². The number of halogens is 1. The van der Waals surface area contributed by atoms with E-state index in [1.807, 2.05) is 0 Å². The third-order valence-corrected chi connectivity index (χ3v) is 5.18. The highest BCUT2D eigenvalue weighted by Gasteiger charge is 2.31. The van der Waals surface area contributed by atoms with E-state index in [4.69, 9.17) is 0 Å². The number of pyridine rings is 1. The Bertz CT molecular complexity index is 553. The van der Waals surface area contributed by atoms with Gasteiger partial charge in [-0.05, 0) is 62.5 Å². The molecule has 0 aromatic carbocycles. The largest absolute Gasteiger partial charge is 0.325 e. The van der Waals surface area contributed by atoms with Crippen molar-refractivity contribution in [3.05, 3.63) is 33.2 Å². The van der Waals surface area contributed by atoms with Crippen molar-refractivity contribution in [3.8, 4) is 0 Å². The van der Waals surface area contributed by atoms with Crippen LogP contribution in [0.25, 0.3) is 0 Å². The Morgan fingerprint density at radius 2 is 2.00 bits per heavy atom. The van der Waals surface area contributed by atoms with Crippen LogP contribution >= 0.6 is 0 Å². The lowest BCUT2D eigenvalue weighted by Gasteiger charge is -2.24. The second kappa shape index (κ2) is 5.01. The van der Waals surface area contributed by atoms with Crippen LogP contribution in [0.15, 0.2) is 10.9 Å². The molecule has 0 aliphatic heterocycles. The summed E-state index contributed by atoms with van der Waals surface area (Å²) in [6.45, 7) is 4.38. The van der Waals surface area contributed by atoms with Gasteiger partial charge < -0.3 is 4.98 Å². The zero-order valence-electron chi connectivity index (χ0n) is 12.5. The van der Waals surface area contributed by atoms with Crippen molar-refractivity contribution in [2.24, 2.45) is 5.92 Å². The van der Waals surface area contributed by atoms with Gasteiger partial charge in [-0.15, -0.1) is 0 Å². The minimum atomic E-state index is -0.620. The molecule has 1 aromatic heterocycles. The lowest BCUT2D eigenvalue weighted by molar-refractivity contribution is 0.206. The molecule has 110 valence electrons. The lowest BCUT2D eigenvalue weighted by atomic mass is 9.84. The summed E-state index contributed by atoms with van der Waals surface area (Å²) in [5.41, 5.74) is 3.51. The summed E-state index contributed by atoms with van der Waals surface area (Å²) < 4.78 is 13.2. The van der Waals surface area contributed by atoms with Crippen molar-refractivity contribution in [1.29, 1.82) is 0 Å². The molecule has 3 heteroatoms. The first-order valence-corrected chi connectivity index (χ1v) is 7.85. The zero-order chi connectivity index (χ0) is 14.3. The molecule has 2 nitrogen and oxygen atoms in total. The lowest BCUT2D eigenvalue weighted by Crippen LogP contribution is -2.24. The molecule has 1 saturated carbocycles. The Morgan fingerprint density at radius 3 is 2.70 bits per heavy atom. The number of aromatic amines is 1. The van der Waals surface area contributed by atoms with E-state index in [9.17, 15) is 9.18 Å². The number of hydrogen-bond donors (Lipinski definition) is 1. The van der Waals surface area contributed by atoms with Crippen LogP contribution < -0.4 is 5.56 Å². The van der Waals surface area contributed by atoms with Crippen LogP contribution in [0.5, 0.6) is 0 Å². The Balaban J connectivity index is 1.80. The van der Waals surface area contributed by atoms with Gasteiger partial charge in [-0.3, -0.25) is 4.79 Å². The first-order chi connectivity index (χ1) is 9.45. The van der Waals surface area contributed by atoms with Gasteiger partial charge in [0.05, 0.1) is 0 Å². The molecule has 2 aliphatic rings. The minimum Gasteiger partial charge on any atom is -0.325 e. The molecule has 0 radical (unpaired) electrons. The second-order valence-electron chi connectivity index (χ2n) is 7.23. The van der Waals surface area contributed by atoms with E-state index in [0.717, 1.165) is 43.4 Å². The van der Waals surface area contributed by atoms with Gasteiger partial charge >= 0.3 is 0 Å². The summed E-state index contributed by atoms with van der Waals surface area (Å²) in [6, 6.07) is 2.12. The quantitative estimate of drug-likeness (QED) is 0.879. The highest BCUT2D eigenvalue weighted by Crippen LogP contribution is 2.36. The number of aryl methyl sites for hydroxylation is 1. The molecule has 1 N–H and O–H groups in total. The highest BCUT2D eigenvalue weighted by atomic mass is 19.1. The third kappa shape index (κ3) is 2.55. The van der Waals surface area contributed by atoms with Crippen LogP contribution in [0.3, 0.4) is 0 Å². The Hall–Kier alpha value is -1.12. The van der Waals surface area contributed by atoms with E-state index < -0.39 is 6.17 Å². The number of alkyl halides is 1. The van der Waals surface area contributed by atoms with Gasteiger partial charge in [0, 0.05) is 16.7 Å². The minimum absolute atomic E-state index is 0.0705. The smallest absolute Gasteiger partial charge is 0.251 e. The van der Waals surface area contributed by atoms with Gasteiger partial charge in [0.1, 0.15) is 6.17 Å². The molecule has 1 heterocycles. The summed E-state index contributed by atoms with van der Waals surface area (Å²) in [4.78, 5) is 15.4. The van der Waals surface area contributed by atoms with Gasteiger partial charge in [-0.2, -0.15) is 0 Å². The number of rotatable bonds is 2. The Kier molecular flexibility index (Phi) is 3.47. The average Bonchev–Trinajstić information content (AvgIpc) is 2.69. The zero-order valence-corrected chi connectivity index (χ0v) is 12.5. The van der Waals surface area contributed by atoms with E-state index in [1.54, 1.807) is 0 Å². The first kappa shape index (κ1) is 13.8. The number of nitrogens with one attached hydrogen (secondary N) is 1. The molecule has 2 aliphatic carbocycles. The van der Waals surface area contributed by atoms with E-state index in [0.29, 0.717) is 18.8 Å². The summed E-state index contributed by atoms with van der Waals surface area (Å²) in [5.74, 6) is 0.482. The van der Waals surface area contributed by atoms with Crippen molar-refractivity contribution in [2.75, 3.05) is 0 Å². The highest BCUT2D eigenvalue weighted by molar-refractivity contribution is 5.35. The summed E-state index contributed by atoms with van der Waals surface area (Å²) >= 11 is 0. The van der Waals surface area contributed by atoms with Crippen LogP contribution in [0.2, 0.25) is 0 Å². The summed E-state index contributed by atoms with van der Waals surface area (Å²) in [7, 11) is 0. The molecule has 1 aromatic rings. The van der Waals surface area contributed by atoms with E-state index in [-0.39, 0.29) is 11.0 Å². The maximum absolute atomic E-state index is 13.2. The molecule has 0 atom stereocenters. The molecule has 0 amide bonds. The predicted octanol–water partition coefficient (Wildman–Crippen LogP) is 3.67. The predicted molar refractivity (Wildman–Crippen MR) is 79.0 cm³/mol. The maximum atomic E-state index is 13.2. The molecule has 0 saturated heterocycles. The number of H-pyrrole nitrogens is 1. The molecule has 1 fully saturated rings. The van der Waals surface area contributed by atoms with Crippen LogP contribution in [-0.2, 0) is 18.3 Å². The average molecular weight is 277 g/mol. The van der Waals surface area contributed by atoms with Gasteiger partial charge in [0.2, 0.25) is 0 Å². The van der Waals surface area contributed by atoms with Gasteiger partial charge in [-0.1, -0.05) is 13.8 Å². The topological polar surface area (TPSA) is 32.9 Å². The molecule has 0 bridgehead atoms. The van der Waals surface area contributed by atoms with Crippen LogP contribution in [0.1, 0.15) is 62.8 Å². The Labute approximate surface area is 119 Å². The fourth-order valence-electron chi connectivity index (χ4n) is 3.78. The van der Waals surface area contributed by atoms with Crippen LogP contribution in [0.4, 0.5) is 4.39 Å². The third-order valence-electron chi connectivity index (χ3n) is 5.18. The fourth-order valence-corrected chi connectivity index (χ4v) is 3.78. The molecule has 3 rings (SSSR count). The van der Waals surface area contributed by atoms with Crippen LogP contribution in [-0.4, -0.2) is 11.2 Å². The monoisotopic (exact) mass is 277 g/mol. The number of aromatic nitrogens is 1. The molecular formula is C17H24FNO. The van der Waals surface area contributed by atoms with Crippen molar-refractivity contribution in [2.45, 2.75) is 70.4 Å². The molecular weight excluding hydrogens is 253 g/mol. The SMILES string of the molecule is CC1(C)CCc2cc(CC3CCC(F)CC3)c(=O)[nH]c21. The van der Waals surface area contributed by atoms with Gasteiger partial charge in [0.25, 0.3) is 5.56 Å². The van der Waals surface area contributed by atoms with Crippen molar-refractivity contribution in [1.82, 2.24) is 4.98 Å². The van der Waals surface area contributed by atoms with E-state index in [1.165, 1.54) is 5.56 Å².